The minimum atomic E-state index is -1.50. The lowest BCUT2D eigenvalue weighted by Crippen LogP contribution is -2.42. The highest BCUT2D eigenvalue weighted by molar-refractivity contribution is 5.81. The first-order chi connectivity index (χ1) is 9.89. The van der Waals surface area contributed by atoms with Crippen LogP contribution in [0.4, 0.5) is 5.82 Å². The third-order valence-electron chi connectivity index (χ3n) is 4.22. The maximum absolute atomic E-state index is 10.7. The molecule has 2 aromatic heterocycles. The van der Waals surface area contributed by atoms with E-state index in [2.05, 4.69) is 21.5 Å². The largest absolute Gasteiger partial charge is 0.396 e. The van der Waals surface area contributed by atoms with Gasteiger partial charge in [-0.25, -0.2) is 15.0 Å². The lowest BCUT2D eigenvalue weighted by molar-refractivity contribution is -0.0776. The maximum Gasteiger partial charge on any atom is 0.166 e. The zero-order valence-electron chi connectivity index (χ0n) is 11.5. The molecule has 21 heavy (non-hydrogen) atoms. The van der Waals surface area contributed by atoms with Gasteiger partial charge < -0.3 is 25.6 Å². The van der Waals surface area contributed by atoms with Crippen LogP contribution in [-0.2, 0) is 0 Å². The number of fused-ring (bicyclic) bond motifs is 1. The highest BCUT2D eigenvalue weighted by Gasteiger charge is 2.54. The quantitative estimate of drug-likeness (QED) is 0.535. The van der Waals surface area contributed by atoms with Crippen LogP contribution in [0.3, 0.4) is 0 Å². The van der Waals surface area contributed by atoms with Crippen molar-refractivity contribution in [3.8, 4) is 0 Å². The van der Waals surface area contributed by atoms with E-state index < -0.39 is 23.7 Å². The number of nitrogens with two attached hydrogens (primary N) is 1. The number of rotatable bonds is 2. The smallest absolute Gasteiger partial charge is 0.166 e. The fraction of sp³-hybridized carbons (Fsp3) is 0.462. The molecule has 8 nitrogen and oxygen atoms in total. The SMILES string of the molecule is C=C1[C@H](CO)[C@@H](O)[C@@](C)(O)[C@@H]1n1cnc2c(N)ncnc21. The number of imidazole rings is 1. The second kappa shape index (κ2) is 4.48. The standard InChI is InChI=1S/C13H17N5O3/c1-6-7(3-19)10(20)13(2,21)9(6)18-5-17-8-11(14)15-4-16-12(8)18/h4-5,7,9-10,19-21H,1,3H2,2H3,(H2,14,15,16)/t7-,9+,10+,13-/m0/s1. The van der Waals surface area contributed by atoms with Crippen LogP contribution in [0.5, 0.6) is 0 Å². The molecule has 3 rings (SSSR count). The summed E-state index contributed by atoms with van der Waals surface area (Å²) in [7, 11) is 0. The molecule has 112 valence electrons. The zero-order valence-corrected chi connectivity index (χ0v) is 11.5. The molecular formula is C13H17N5O3. The third-order valence-corrected chi connectivity index (χ3v) is 4.22. The molecule has 0 aromatic carbocycles. The van der Waals surface area contributed by atoms with Crippen LogP contribution in [0, 0.1) is 5.92 Å². The first kappa shape index (κ1) is 13.9. The van der Waals surface area contributed by atoms with Gasteiger partial charge in [-0.15, -0.1) is 0 Å². The van der Waals surface area contributed by atoms with Crippen LogP contribution >= 0.6 is 0 Å². The van der Waals surface area contributed by atoms with Gasteiger partial charge in [-0.05, 0) is 12.5 Å². The van der Waals surface area contributed by atoms with E-state index in [9.17, 15) is 15.3 Å². The van der Waals surface area contributed by atoms with Crippen LogP contribution in [0.2, 0.25) is 0 Å². The van der Waals surface area contributed by atoms with Gasteiger partial charge in [0.2, 0.25) is 0 Å². The Labute approximate surface area is 120 Å². The molecule has 1 saturated carbocycles. The normalized spacial score (nSPS) is 33.0. The first-order valence-corrected chi connectivity index (χ1v) is 6.52. The fourth-order valence-electron chi connectivity index (χ4n) is 3.09. The molecule has 0 saturated heterocycles. The van der Waals surface area contributed by atoms with Crippen LogP contribution in [0.15, 0.2) is 24.8 Å². The van der Waals surface area contributed by atoms with Crippen molar-refractivity contribution in [3.63, 3.8) is 0 Å². The Bertz CT molecular complexity index is 711. The summed E-state index contributed by atoms with van der Waals surface area (Å²) in [5.74, 6) is -0.372. The minimum absolute atomic E-state index is 0.237. The van der Waals surface area contributed by atoms with Gasteiger partial charge in [0.25, 0.3) is 0 Å². The molecule has 0 bridgehead atoms. The number of aliphatic hydroxyl groups excluding tert-OH is 2. The van der Waals surface area contributed by atoms with Crippen LogP contribution in [-0.4, -0.2) is 53.2 Å². The van der Waals surface area contributed by atoms with Crippen LogP contribution < -0.4 is 5.73 Å². The summed E-state index contributed by atoms with van der Waals surface area (Å²) in [5.41, 5.74) is 5.63. The lowest BCUT2D eigenvalue weighted by atomic mass is 9.96. The lowest BCUT2D eigenvalue weighted by Gasteiger charge is -2.29. The second-order valence-corrected chi connectivity index (χ2v) is 5.52. The van der Waals surface area contributed by atoms with E-state index in [4.69, 9.17) is 5.73 Å². The third kappa shape index (κ3) is 1.76. The van der Waals surface area contributed by atoms with Gasteiger partial charge in [0.1, 0.15) is 17.4 Å². The zero-order chi connectivity index (χ0) is 15.4. The average molecular weight is 291 g/mol. The Morgan fingerprint density at radius 1 is 1.43 bits per heavy atom. The molecule has 5 N–H and O–H groups in total. The molecule has 2 heterocycles. The molecule has 0 radical (unpaired) electrons. The number of nitrogen functional groups attached to an aromatic ring is 1. The van der Waals surface area contributed by atoms with Crippen LogP contribution in [0.1, 0.15) is 13.0 Å². The number of hydrogen-bond donors (Lipinski definition) is 4. The summed E-state index contributed by atoms with van der Waals surface area (Å²) in [6, 6.07) is -0.663. The minimum Gasteiger partial charge on any atom is -0.396 e. The van der Waals surface area contributed by atoms with Gasteiger partial charge in [-0.3, -0.25) is 0 Å². The van der Waals surface area contributed by atoms with E-state index in [1.807, 2.05) is 0 Å². The number of aromatic nitrogens is 4. The molecule has 0 aliphatic heterocycles. The summed E-state index contributed by atoms with van der Waals surface area (Å²) in [4.78, 5) is 12.2. The molecule has 2 aromatic rings. The van der Waals surface area contributed by atoms with Gasteiger partial charge in [-0.1, -0.05) is 6.58 Å². The molecule has 4 atom stereocenters. The number of hydrogen-bond acceptors (Lipinski definition) is 7. The summed E-state index contributed by atoms with van der Waals surface area (Å²) in [5, 5.41) is 30.3. The number of aliphatic hydroxyl groups is 3. The Hall–Kier alpha value is -2.03. The summed E-state index contributed by atoms with van der Waals surface area (Å²) in [6.07, 6.45) is 1.66. The molecule has 0 amide bonds. The predicted molar refractivity (Wildman–Crippen MR) is 75.1 cm³/mol. The Morgan fingerprint density at radius 3 is 2.76 bits per heavy atom. The predicted octanol–water partition coefficient (Wildman–Crippen LogP) is -0.760. The Kier molecular flexibility index (Phi) is 2.97. The van der Waals surface area contributed by atoms with Gasteiger partial charge >= 0.3 is 0 Å². The van der Waals surface area contributed by atoms with Crippen molar-refractivity contribution >= 4 is 17.0 Å². The van der Waals surface area contributed by atoms with Crippen molar-refractivity contribution in [3.05, 3.63) is 24.8 Å². The van der Waals surface area contributed by atoms with Crippen molar-refractivity contribution in [2.24, 2.45) is 5.92 Å². The summed E-state index contributed by atoms with van der Waals surface area (Å²) in [6.45, 7) is 5.12. The van der Waals surface area contributed by atoms with E-state index in [-0.39, 0.29) is 12.4 Å². The molecule has 8 heteroatoms. The monoisotopic (exact) mass is 291 g/mol. The summed E-state index contributed by atoms with van der Waals surface area (Å²) >= 11 is 0. The molecule has 0 spiro atoms. The summed E-state index contributed by atoms with van der Waals surface area (Å²) < 4.78 is 1.61. The van der Waals surface area contributed by atoms with E-state index >= 15 is 0 Å². The fourth-order valence-corrected chi connectivity index (χ4v) is 3.09. The van der Waals surface area contributed by atoms with E-state index in [1.165, 1.54) is 19.6 Å². The Morgan fingerprint density at radius 2 is 2.14 bits per heavy atom. The Balaban J connectivity index is 2.18. The van der Waals surface area contributed by atoms with Gasteiger partial charge in [0.15, 0.2) is 11.5 Å². The molecule has 1 fully saturated rings. The van der Waals surface area contributed by atoms with Crippen molar-refractivity contribution in [2.45, 2.75) is 24.7 Å². The highest BCUT2D eigenvalue weighted by Crippen LogP contribution is 2.47. The van der Waals surface area contributed by atoms with Gasteiger partial charge in [0.05, 0.1) is 25.1 Å². The van der Waals surface area contributed by atoms with Crippen molar-refractivity contribution in [1.29, 1.82) is 0 Å². The van der Waals surface area contributed by atoms with E-state index in [0.717, 1.165) is 0 Å². The average Bonchev–Trinajstić information content (AvgIpc) is 2.90. The molecule has 1 aliphatic carbocycles. The maximum atomic E-state index is 10.7. The molecule has 1 aliphatic rings. The topological polar surface area (TPSA) is 130 Å². The number of nitrogens with zero attached hydrogens (tertiary/aromatic N) is 4. The van der Waals surface area contributed by atoms with Crippen LogP contribution in [0.25, 0.3) is 11.2 Å². The van der Waals surface area contributed by atoms with E-state index in [0.29, 0.717) is 16.7 Å². The molecule has 0 unspecified atom stereocenters. The van der Waals surface area contributed by atoms with Gasteiger partial charge in [-0.2, -0.15) is 0 Å². The van der Waals surface area contributed by atoms with Crippen molar-refractivity contribution in [1.82, 2.24) is 19.5 Å². The van der Waals surface area contributed by atoms with Crippen molar-refractivity contribution in [2.75, 3.05) is 12.3 Å². The van der Waals surface area contributed by atoms with Crippen molar-refractivity contribution < 1.29 is 15.3 Å². The number of anilines is 1. The van der Waals surface area contributed by atoms with E-state index in [1.54, 1.807) is 4.57 Å². The van der Waals surface area contributed by atoms with Gasteiger partial charge in [0, 0.05) is 5.92 Å². The second-order valence-electron chi connectivity index (χ2n) is 5.52. The highest BCUT2D eigenvalue weighted by atomic mass is 16.3. The first-order valence-electron chi connectivity index (χ1n) is 6.52. The molecular weight excluding hydrogens is 274 g/mol.